The Morgan fingerprint density at radius 1 is 1.42 bits per heavy atom. The summed E-state index contributed by atoms with van der Waals surface area (Å²) >= 11 is 0. The Hall–Kier alpha value is -0.330. The Morgan fingerprint density at radius 2 is 1.92 bits per heavy atom. The Labute approximate surface area is 75.5 Å². The van der Waals surface area contributed by atoms with Crippen LogP contribution in [0.25, 0.3) is 0 Å². The van der Waals surface area contributed by atoms with Crippen LogP contribution in [-0.4, -0.2) is 5.78 Å². The maximum Gasteiger partial charge on any atom is 0.133 e. The van der Waals surface area contributed by atoms with Crippen molar-refractivity contribution in [3.8, 4) is 0 Å². The maximum absolute atomic E-state index is 11.3. The minimum Gasteiger partial charge on any atom is -0.300 e. The summed E-state index contributed by atoms with van der Waals surface area (Å²) in [7, 11) is 0. The smallest absolute Gasteiger partial charge is 0.133 e. The second-order valence-corrected chi connectivity index (χ2v) is 4.26. The zero-order valence-corrected chi connectivity index (χ0v) is 8.52. The average Bonchev–Trinajstić information content (AvgIpc) is 2.52. The first-order valence-electron chi connectivity index (χ1n) is 5.13. The van der Waals surface area contributed by atoms with E-state index in [-0.39, 0.29) is 5.92 Å². The number of carbonyl (C=O) groups is 1. The van der Waals surface area contributed by atoms with Gasteiger partial charge in [-0.1, -0.05) is 26.7 Å². The van der Waals surface area contributed by atoms with Gasteiger partial charge in [-0.2, -0.15) is 0 Å². The second-order valence-electron chi connectivity index (χ2n) is 4.26. The van der Waals surface area contributed by atoms with E-state index in [9.17, 15) is 4.79 Å². The lowest BCUT2D eigenvalue weighted by Gasteiger charge is -2.32. The van der Waals surface area contributed by atoms with Gasteiger partial charge in [0.2, 0.25) is 0 Å². The molecule has 1 unspecified atom stereocenters. The summed E-state index contributed by atoms with van der Waals surface area (Å²) in [4.78, 5) is 11.3. The third-order valence-corrected chi connectivity index (χ3v) is 3.83. The SMILES string of the molecule is CCC1(C(C)C(C)=O)CCCC1. The first-order chi connectivity index (χ1) is 5.62. The normalized spacial score (nSPS) is 23.9. The van der Waals surface area contributed by atoms with Gasteiger partial charge >= 0.3 is 0 Å². The van der Waals surface area contributed by atoms with Crippen LogP contribution < -0.4 is 0 Å². The van der Waals surface area contributed by atoms with Gasteiger partial charge in [0.1, 0.15) is 5.78 Å². The highest BCUT2D eigenvalue weighted by Gasteiger charge is 2.39. The molecule has 1 saturated carbocycles. The molecule has 1 nitrogen and oxygen atoms in total. The van der Waals surface area contributed by atoms with Crippen LogP contribution in [0.2, 0.25) is 0 Å². The van der Waals surface area contributed by atoms with Crippen molar-refractivity contribution < 1.29 is 4.79 Å². The van der Waals surface area contributed by atoms with E-state index >= 15 is 0 Å². The lowest BCUT2D eigenvalue weighted by molar-refractivity contribution is -0.124. The molecule has 0 spiro atoms. The fourth-order valence-electron chi connectivity index (χ4n) is 2.60. The zero-order valence-electron chi connectivity index (χ0n) is 8.52. The summed E-state index contributed by atoms with van der Waals surface area (Å²) in [5, 5.41) is 0. The molecule has 0 radical (unpaired) electrons. The number of ketones is 1. The third kappa shape index (κ3) is 1.55. The molecule has 0 aromatic carbocycles. The predicted molar refractivity (Wildman–Crippen MR) is 51.0 cm³/mol. The molecule has 0 N–H and O–H groups in total. The van der Waals surface area contributed by atoms with Crippen molar-refractivity contribution in [1.82, 2.24) is 0 Å². The highest BCUT2D eigenvalue weighted by Crippen LogP contribution is 2.47. The van der Waals surface area contributed by atoms with E-state index in [1.165, 1.54) is 32.1 Å². The molecule has 0 heterocycles. The monoisotopic (exact) mass is 168 g/mol. The first kappa shape index (κ1) is 9.76. The summed E-state index contributed by atoms with van der Waals surface area (Å²) in [6, 6.07) is 0. The Morgan fingerprint density at radius 3 is 2.25 bits per heavy atom. The van der Waals surface area contributed by atoms with E-state index in [1.54, 1.807) is 6.92 Å². The van der Waals surface area contributed by atoms with Gasteiger partial charge in [-0.05, 0) is 31.6 Å². The molecule has 0 bridgehead atoms. The van der Waals surface area contributed by atoms with Gasteiger partial charge in [0, 0.05) is 5.92 Å². The van der Waals surface area contributed by atoms with Crippen LogP contribution in [-0.2, 0) is 4.79 Å². The first-order valence-corrected chi connectivity index (χ1v) is 5.13. The van der Waals surface area contributed by atoms with Crippen LogP contribution >= 0.6 is 0 Å². The van der Waals surface area contributed by atoms with Gasteiger partial charge in [0.25, 0.3) is 0 Å². The van der Waals surface area contributed by atoms with E-state index in [1.807, 2.05) is 0 Å². The maximum atomic E-state index is 11.3. The van der Waals surface area contributed by atoms with Crippen molar-refractivity contribution in [1.29, 1.82) is 0 Å². The summed E-state index contributed by atoms with van der Waals surface area (Å²) in [5.74, 6) is 0.656. The summed E-state index contributed by atoms with van der Waals surface area (Å²) < 4.78 is 0. The van der Waals surface area contributed by atoms with Gasteiger partial charge in [0.05, 0.1) is 0 Å². The van der Waals surface area contributed by atoms with E-state index in [0.717, 1.165) is 0 Å². The minimum atomic E-state index is 0.282. The molecule has 0 aromatic rings. The largest absolute Gasteiger partial charge is 0.300 e. The van der Waals surface area contributed by atoms with Crippen molar-refractivity contribution in [2.45, 2.75) is 52.9 Å². The molecule has 0 aromatic heterocycles. The molecule has 1 rings (SSSR count). The van der Waals surface area contributed by atoms with Crippen LogP contribution in [0, 0.1) is 11.3 Å². The van der Waals surface area contributed by atoms with Crippen LogP contribution in [0.3, 0.4) is 0 Å². The van der Waals surface area contributed by atoms with Gasteiger partial charge in [-0.3, -0.25) is 4.79 Å². The number of Topliss-reactive ketones (excluding diaryl/α,β-unsaturated/α-hetero) is 1. The molecule has 0 amide bonds. The van der Waals surface area contributed by atoms with Crippen molar-refractivity contribution in [2.75, 3.05) is 0 Å². The van der Waals surface area contributed by atoms with E-state index in [2.05, 4.69) is 13.8 Å². The van der Waals surface area contributed by atoms with Crippen LogP contribution in [0.5, 0.6) is 0 Å². The molecule has 12 heavy (non-hydrogen) atoms. The zero-order chi connectivity index (χ0) is 9.19. The lowest BCUT2D eigenvalue weighted by atomic mass is 9.71. The van der Waals surface area contributed by atoms with Gasteiger partial charge in [-0.25, -0.2) is 0 Å². The molecule has 70 valence electrons. The number of hydrogen-bond acceptors (Lipinski definition) is 1. The van der Waals surface area contributed by atoms with Crippen LogP contribution in [0.4, 0.5) is 0 Å². The van der Waals surface area contributed by atoms with Gasteiger partial charge in [-0.15, -0.1) is 0 Å². The molecule has 1 aliphatic rings. The van der Waals surface area contributed by atoms with E-state index < -0.39 is 0 Å². The fourth-order valence-corrected chi connectivity index (χ4v) is 2.60. The van der Waals surface area contributed by atoms with Crippen molar-refractivity contribution >= 4 is 5.78 Å². The Kier molecular flexibility index (Phi) is 2.92. The summed E-state index contributed by atoms with van der Waals surface area (Å²) in [5.41, 5.74) is 0.367. The number of hydrogen-bond donors (Lipinski definition) is 0. The summed E-state index contributed by atoms with van der Waals surface area (Å²) in [6.45, 7) is 6.07. The second kappa shape index (κ2) is 3.59. The third-order valence-electron chi connectivity index (χ3n) is 3.83. The Balaban J connectivity index is 2.71. The molecular formula is C11H20O. The van der Waals surface area contributed by atoms with E-state index in [0.29, 0.717) is 11.2 Å². The van der Waals surface area contributed by atoms with Gasteiger partial charge < -0.3 is 0 Å². The number of rotatable bonds is 3. The van der Waals surface area contributed by atoms with Crippen molar-refractivity contribution in [3.05, 3.63) is 0 Å². The lowest BCUT2D eigenvalue weighted by Crippen LogP contribution is -2.29. The molecule has 1 heteroatoms. The van der Waals surface area contributed by atoms with Crippen molar-refractivity contribution in [3.63, 3.8) is 0 Å². The number of carbonyl (C=O) groups excluding carboxylic acids is 1. The molecule has 0 aliphatic heterocycles. The summed E-state index contributed by atoms with van der Waals surface area (Å²) in [6.07, 6.45) is 6.36. The molecule has 0 saturated heterocycles. The highest BCUT2D eigenvalue weighted by atomic mass is 16.1. The van der Waals surface area contributed by atoms with Crippen LogP contribution in [0.1, 0.15) is 52.9 Å². The highest BCUT2D eigenvalue weighted by molar-refractivity contribution is 5.78. The van der Waals surface area contributed by atoms with Gasteiger partial charge in [0.15, 0.2) is 0 Å². The fraction of sp³-hybridized carbons (Fsp3) is 0.909. The molecule has 1 atom stereocenters. The quantitative estimate of drug-likeness (QED) is 0.632. The topological polar surface area (TPSA) is 17.1 Å². The molecule has 1 fully saturated rings. The predicted octanol–water partition coefficient (Wildman–Crippen LogP) is 3.18. The van der Waals surface area contributed by atoms with Crippen molar-refractivity contribution in [2.24, 2.45) is 11.3 Å². The standard InChI is InChI=1S/C11H20O/c1-4-11(7-5-6-8-11)9(2)10(3)12/h9H,4-8H2,1-3H3. The van der Waals surface area contributed by atoms with E-state index in [4.69, 9.17) is 0 Å². The molecular weight excluding hydrogens is 148 g/mol. The Bertz CT molecular complexity index is 166. The van der Waals surface area contributed by atoms with Crippen LogP contribution in [0.15, 0.2) is 0 Å². The minimum absolute atomic E-state index is 0.282. The molecule has 1 aliphatic carbocycles. The average molecular weight is 168 g/mol.